The standard InChI is InChI=1S/C24H27N5O/c1-14(2)17-6-4-16(5-7-17)11-29-15(3)10-19-21(29)9-8-20-22(19)23(25)28-24(27-20)26-18-12-30-13-18/h4-10,14,18H,11-13H2,1-3H3,(H3,25,26,27,28). The third-order valence-corrected chi connectivity index (χ3v) is 5.94. The first-order valence-corrected chi connectivity index (χ1v) is 10.5. The van der Waals surface area contributed by atoms with Gasteiger partial charge < -0.3 is 20.4 Å². The van der Waals surface area contributed by atoms with E-state index in [0.717, 1.165) is 28.4 Å². The number of fused-ring (bicyclic) bond motifs is 3. The fourth-order valence-corrected chi connectivity index (χ4v) is 4.09. The zero-order valence-electron chi connectivity index (χ0n) is 17.6. The lowest BCUT2D eigenvalue weighted by Gasteiger charge is -2.26. The third-order valence-electron chi connectivity index (χ3n) is 5.94. The van der Waals surface area contributed by atoms with E-state index in [9.17, 15) is 0 Å². The lowest BCUT2D eigenvalue weighted by atomic mass is 10.0. The Bertz CT molecular complexity index is 1220. The van der Waals surface area contributed by atoms with Gasteiger partial charge in [-0.1, -0.05) is 38.1 Å². The summed E-state index contributed by atoms with van der Waals surface area (Å²) < 4.78 is 7.54. The van der Waals surface area contributed by atoms with Crippen molar-refractivity contribution in [2.24, 2.45) is 0 Å². The molecule has 3 heterocycles. The average Bonchev–Trinajstić information content (AvgIpc) is 3.00. The molecular weight excluding hydrogens is 374 g/mol. The Morgan fingerprint density at radius 1 is 1.13 bits per heavy atom. The molecule has 4 aromatic rings. The lowest BCUT2D eigenvalue weighted by molar-refractivity contribution is 0.0208. The van der Waals surface area contributed by atoms with Crippen molar-refractivity contribution in [3.8, 4) is 0 Å². The SMILES string of the molecule is Cc1cc2c3c(N)nc(NC4COC4)nc3ccc2n1Cc1ccc(C(C)C)cc1. The van der Waals surface area contributed by atoms with Crippen LogP contribution in [-0.2, 0) is 11.3 Å². The van der Waals surface area contributed by atoms with Crippen molar-refractivity contribution in [3.63, 3.8) is 0 Å². The van der Waals surface area contributed by atoms with E-state index in [1.807, 2.05) is 6.07 Å². The maximum absolute atomic E-state index is 6.38. The summed E-state index contributed by atoms with van der Waals surface area (Å²) in [4.78, 5) is 9.20. The molecule has 5 rings (SSSR count). The average molecular weight is 402 g/mol. The molecule has 2 aromatic carbocycles. The molecule has 6 heteroatoms. The molecule has 3 N–H and O–H groups in total. The van der Waals surface area contributed by atoms with Crippen LogP contribution in [0.1, 0.15) is 36.6 Å². The number of nitrogens with one attached hydrogen (secondary N) is 1. The van der Waals surface area contributed by atoms with Crippen molar-refractivity contribution < 1.29 is 4.74 Å². The van der Waals surface area contributed by atoms with Crippen molar-refractivity contribution in [1.29, 1.82) is 0 Å². The molecule has 0 radical (unpaired) electrons. The van der Waals surface area contributed by atoms with Gasteiger partial charge in [-0.2, -0.15) is 4.98 Å². The number of ether oxygens (including phenoxy) is 1. The normalized spacial score (nSPS) is 14.5. The Hall–Kier alpha value is -3.12. The van der Waals surface area contributed by atoms with Crippen LogP contribution in [0, 0.1) is 6.92 Å². The first-order chi connectivity index (χ1) is 14.5. The largest absolute Gasteiger partial charge is 0.383 e. The van der Waals surface area contributed by atoms with E-state index in [2.05, 4.69) is 72.0 Å². The molecule has 1 saturated heterocycles. The Morgan fingerprint density at radius 3 is 2.57 bits per heavy atom. The first kappa shape index (κ1) is 18.9. The predicted molar refractivity (Wildman–Crippen MR) is 122 cm³/mol. The van der Waals surface area contributed by atoms with Crippen LogP contribution >= 0.6 is 0 Å². The molecular formula is C24H27N5O. The summed E-state index contributed by atoms with van der Waals surface area (Å²) in [5.41, 5.74) is 12.2. The van der Waals surface area contributed by atoms with Gasteiger partial charge in [0.05, 0.1) is 30.2 Å². The minimum Gasteiger partial charge on any atom is -0.383 e. The summed E-state index contributed by atoms with van der Waals surface area (Å²) in [6, 6.07) is 15.5. The summed E-state index contributed by atoms with van der Waals surface area (Å²) in [5.74, 6) is 1.61. The highest BCUT2D eigenvalue weighted by molar-refractivity contribution is 6.10. The van der Waals surface area contributed by atoms with E-state index in [0.29, 0.717) is 30.9 Å². The second-order valence-electron chi connectivity index (χ2n) is 8.47. The van der Waals surface area contributed by atoms with Crippen LogP contribution in [0.25, 0.3) is 21.8 Å². The smallest absolute Gasteiger partial charge is 0.225 e. The highest BCUT2D eigenvalue weighted by Gasteiger charge is 2.20. The molecule has 0 unspecified atom stereocenters. The summed E-state index contributed by atoms with van der Waals surface area (Å²) in [6.45, 7) is 8.76. The fourth-order valence-electron chi connectivity index (χ4n) is 4.09. The lowest BCUT2D eigenvalue weighted by Crippen LogP contribution is -2.40. The molecule has 1 aliphatic heterocycles. The Labute approximate surface area is 176 Å². The van der Waals surface area contributed by atoms with Gasteiger partial charge in [-0.15, -0.1) is 0 Å². The molecule has 0 amide bonds. The molecule has 0 atom stereocenters. The van der Waals surface area contributed by atoms with Gasteiger partial charge in [-0.3, -0.25) is 0 Å². The molecule has 2 aromatic heterocycles. The van der Waals surface area contributed by atoms with Gasteiger partial charge in [0.1, 0.15) is 5.82 Å². The minimum absolute atomic E-state index is 0.260. The van der Waals surface area contributed by atoms with Crippen molar-refractivity contribution in [2.45, 2.75) is 39.3 Å². The molecule has 0 spiro atoms. The minimum atomic E-state index is 0.260. The number of hydrogen-bond acceptors (Lipinski definition) is 5. The maximum Gasteiger partial charge on any atom is 0.225 e. The van der Waals surface area contributed by atoms with Crippen LogP contribution in [0.3, 0.4) is 0 Å². The maximum atomic E-state index is 6.38. The highest BCUT2D eigenvalue weighted by atomic mass is 16.5. The fraction of sp³-hybridized carbons (Fsp3) is 0.333. The molecule has 0 saturated carbocycles. The van der Waals surface area contributed by atoms with Crippen molar-refractivity contribution in [2.75, 3.05) is 24.3 Å². The Balaban J connectivity index is 1.53. The summed E-state index contributed by atoms with van der Waals surface area (Å²) in [6.07, 6.45) is 0. The van der Waals surface area contributed by atoms with Crippen LogP contribution in [0.5, 0.6) is 0 Å². The van der Waals surface area contributed by atoms with Gasteiger partial charge in [0, 0.05) is 23.1 Å². The van der Waals surface area contributed by atoms with Crippen LogP contribution in [0.2, 0.25) is 0 Å². The van der Waals surface area contributed by atoms with Crippen molar-refractivity contribution >= 4 is 33.6 Å². The van der Waals surface area contributed by atoms with E-state index in [1.165, 1.54) is 16.8 Å². The summed E-state index contributed by atoms with van der Waals surface area (Å²) in [5, 5.41) is 5.30. The first-order valence-electron chi connectivity index (χ1n) is 10.5. The zero-order valence-corrected chi connectivity index (χ0v) is 17.6. The van der Waals surface area contributed by atoms with Crippen LogP contribution in [-0.4, -0.2) is 33.8 Å². The van der Waals surface area contributed by atoms with Crippen LogP contribution < -0.4 is 11.1 Å². The van der Waals surface area contributed by atoms with E-state index < -0.39 is 0 Å². The second kappa shape index (κ2) is 7.29. The van der Waals surface area contributed by atoms with Crippen LogP contribution in [0.4, 0.5) is 11.8 Å². The Kier molecular flexibility index (Phi) is 4.59. The number of hydrogen-bond donors (Lipinski definition) is 2. The van der Waals surface area contributed by atoms with Gasteiger partial charge in [0.25, 0.3) is 0 Å². The highest BCUT2D eigenvalue weighted by Crippen LogP contribution is 2.32. The zero-order chi connectivity index (χ0) is 20.8. The molecule has 154 valence electrons. The quantitative estimate of drug-likeness (QED) is 0.516. The number of nitrogens with two attached hydrogens (primary N) is 1. The van der Waals surface area contributed by atoms with Gasteiger partial charge in [-0.25, -0.2) is 4.98 Å². The predicted octanol–water partition coefficient (Wildman–Crippen LogP) is 4.46. The molecule has 0 aliphatic carbocycles. The van der Waals surface area contributed by atoms with Gasteiger partial charge in [0.15, 0.2) is 0 Å². The van der Waals surface area contributed by atoms with Gasteiger partial charge in [-0.05, 0) is 42.2 Å². The topological polar surface area (TPSA) is 78.0 Å². The van der Waals surface area contributed by atoms with Gasteiger partial charge >= 0.3 is 0 Å². The summed E-state index contributed by atoms with van der Waals surface area (Å²) in [7, 11) is 0. The number of nitrogens with zero attached hydrogens (tertiary/aromatic N) is 3. The molecule has 1 fully saturated rings. The van der Waals surface area contributed by atoms with E-state index in [1.54, 1.807) is 0 Å². The second-order valence-corrected chi connectivity index (χ2v) is 8.47. The monoisotopic (exact) mass is 401 g/mol. The van der Waals surface area contributed by atoms with E-state index in [4.69, 9.17) is 15.5 Å². The number of aromatic nitrogens is 3. The molecule has 0 bridgehead atoms. The van der Waals surface area contributed by atoms with Crippen LogP contribution in [0.15, 0.2) is 42.5 Å². The van der Waals surface area contributed by atoms with E-state index in [-0.39, 0.29) is 6.04 Å². The number of anilines is 2. The van der Waals surface area contributed by atoms with Crippen molar-refractivity contribution in [3.05, 3.63) is 59.3 Å². The molecule has 6 nitrogen and oxygen atoms in total. The molecule has 1 aliphatic rings. The third kappa shape index (κ3) is 3.27. The molecule has 30 heavy (non-hydrogen) atoms. The number of nitrogen functional groups attached to an aromatic ring is 1. The number of rotatable bonds is 5. The number of benzene rings is 2. The van der Waals surface area contributed by atoms with E-state index >= 15 is 0 Å². The van der Waals surface area contributed by atoms with Gasteiger partial charge in [0.2, 0.25) is 5.95 Å². The Morgan fingerprint density at radius 2 is 1.90 bits per heavy atom. The van der Waals surface area contributed by atoms with Crippen molar-refractivity contribution in [1.82, 2.24) is 14.5 Å². The number of aryl methyl sites for hydroxylation is 1. The summed E-state index contributed by atoms with van der Waals surface area (Å²) >= 11 is 0.